The SMILES string of the molecule is COn1cc(C2CCN(C)CC2)c2cc(C(N)=O)ccc21. The molecule has 0 atom stereocenters. The average molecular weight is 287 g/mol. The Morgan fingerprint density at radius 3 is 2.67 bits per heavy atom. The van der Waals surface area contributed by atoms with Gasteiger partial charge in [-0.25, -0.2) is 0 Å². The molecule has 0 unspecified atom stereocenters. The van der Waals surface area contributed by atoms with Crippen LogP contribution < -0.4 is 10.6 Å². The van der Waals surface area contributed by atoms with Gasteiger partial charge in [-0.1, -0.05) is 0 Å². The predicted octanol–water partition coefficient (Wildman–Crippen LogP) is 1.61. The summed E-state index contributed by atoms with van der Waals surface area (Å²) < 4.78 is 1.77. The number of rotatable bonds is 3. The molecule has 2 aromatic rings. The Balaban J connectivity index is 2.08. The Hall–Kier alpha value is -2.01. The van der Waals surface area contributed by atoms with E-state index in [1.807, 2.05) is 18.3 Å². The zero-order valence-corrected chi connectivity index (χ0v) is 12.5. The van der Waals surface area contributed by atoms with Crippen LogP contribution in [0.25, 0.3) is 10.9 Å². The summed E-state index contributed by atoms with van der Waals surface area (Å²) in [6.07, 6.45) is 4.30. The second kappa shape index (κ2) is 5.41. The zero-order chi connectivity index (χ0) is 15.0. The Bertz CT molecular complexity index is 669. The number of nitrogens with two attached hydrogens (primary N) is 1. The van der Waals surface area contributed by atoms with E-state index in [2.05, 4.69) is 11.9 Å². The van der Waals surface area contributed by atoms with Crippen LogP contribution in [-0.4, -0.2) is 42.8 Å². The Morgan fingerprint density at radius 1 is 1.33 bits per heavy atom. The van der Waals surface area contributed by atoms with E-state index in [0.29, 0.717) is 11.5 Å². The van der Waals surface area contributed by atoms with Crippen molar-refractivity contribution >= 4 is 16.8 Å². The molecule has 1 aromatic heterocycles. The normalized spacial score (nSPS) is 17.2. The highest BCUT2D eigenvalue weighted by atomic mass is 16.6. The summed E-state index contributed by atoms with van der Waals surface area (Å²) in [6.45, 7) is 2.19. The van der Waals surface area contributed by atoms with Gasteiger partial charge in [-0.3, -0.25) is 4.79 Å². The third-order valence-corrected chi connectivity index (χ3v) is 4.44. The van der Waals surface area contributed by atoms with Crippen molar-refractivity contribution in [3.8, 4) is 0 Å². The van der Waals surface area contributed by atoms with Gasteiger partial charge in [0.15, 0.2) is 0 Å². The quantitative estimate of drug-likeness (QED) is 0.933. The number of carbonyl (C=O) groups excluding carboxylic acids is 1. The molecule has 1 amide bonds. The Morgan fingerprint density at radius 2 is 2.05 bits per heavy atom. The monoisotopic (exact) mass is 287 g/mol. The Labute approximate surface area is 124 Å². The van der Waals surface area contributed by atoms with Crippen molar-refractivity contribution in [1.82, 2.24) is 9.63 Å². The highest BCUT2D eigenvalue weighted by Gasteiger charge is 2.23. The summed E-state index contributed by atoms with van der Waals surface area (Å²) in [5.41, 5.74) is 8.19. The van der Waals surface area contributed by atoms with Crippen LogP contribution in [0, 0.1) is 0 Å². The number of primary amides is 1. The molecule has 3 rings (SSSR count). The van der Waals surface area contributed by atoms with E-state index in [-0.39, 0.29) is 0 Å². The maximum Gasteiger partial charge on any atom is 0.248 e. The average Bonchev–Trinajstić information content (AvgIpc) is 2.86. The molecule has 1 aliphatic heterocycles. The van der Waals surface area contributed by atoms with Crippen molar-refractivity contribution in [3.63, 3.8) is 0 Å². The number of piperidine rings is 1. The molecular weight excluding hydrogens is 266 g/mol. The summed E-state index contributed by atoms with van der Waals surface area (Å²) in [7, 11) is 3.81. The highest BCUT2D eigenvalue weighted by Crippen LogP contribution is 2.34. The van der Waals surface area contributed by atoms with Crippen LogP contribution in [0.3, 0.4) is 0 Å². The van der Waals surface area contributed by atoms with Gasteiger partial charge >= 0.3 is 0 Å². The number of likely N-dealkylation sites (tertiary alicyclic amines) is 1. The fourth-order valence-corrected chi connectivity index (χ4v) is 3.17. The second-order valence-corrected chi connectivity index (χ2v) is 5.77. The largest absolute Gasteiger partial charge is 0.417 e. The molecule has 1 fully saturated rings. The van der Waals surface area contributed by atoms with Gasteiger partial charge < -0.3 is 15.5 Å². The van der Waals surface area contributed by atoms with E-state index in [9.17, 15) is 4.79 Å². The number of aromatic nitrogens is 1. The van der Waals surface area contributed by atoms with Gasteiger partial charge in [0.1, 0.15) is 7.11 Å². The first-order valence-electron chi connectivity index (χ1n) is 7.28. The van der Waals surface area contributed by atoms with Gasteiger partial charge in [0.25, 0.3) is 0 Å². The first kappa shape index (κ1) is 13.9. The van der Waals surface area contributed by atoms with Crippen molar-refractivity contribution in [2.75, 3.05) is 27.2 Å². The van der Waals surface area contributed by atoms with Crippen LogP contribution >= 0.6 is 0 Å². The number of fused-ring (bicyclic) bond motifs is 1. The molecule has 1 saturated heterocycles. The molecule has 112 valence electrons. The van der Waals surface area contributed by atoms with E-state index >= 15 is 0 Å². The Kier molecular flexibility index (Phi) is 3.59. The zero-order valence-electron chi connectivity index (χ0n) is 12.5. The van der Waals surface area contributed by atoms with E-state index in [4.69, 9.17) is 10.6 Å². The van der Waals surface area contributed by atoms with Gasteiger partial charge in [0, 0.05) is 17.1 Å². The lowest BCUT2D eigenvalue weighted by Crippen LogP contribution is -2.29. The lowest BCUT2D eigenvalue weighted by molar-refractivity contribution is 0.100. The summed E-state index contributed by atoms with van der Waals surface area (Å²) in [4.78, 5) is 19.2. The van der Waals surface area contributed by atoms with Gasteiger partial charge in [-0.05, 0) is 62.7 Å². The molecule has 21 heavy (non-hydrogen) atoms. The molecule has 1 aliphatic rings. The minimum Gasteiger partial charge on any atom is -0.417 e. The summed E-state index contributed by atoms with van der Waals surface area (Å²) in [5.74, 6) is 0.111. The number of hydrogen-bond acceptors (Lipinski definition) is 3. The number of benzene rings is 1. The molecule has 0 aliphatic carbocycles. The lowest BCUT2D eigenvalue weighted by Gasteiger charge is -2.28. The lowest BCUT2D eigenvalue weighted by atomic mass is 9.89. The van der Waals surface area contributed by atoms with Crippen molar-refractivity contribution in [3.05, 3.63) is 35.5 Å². The predicted molar refractivity (Wildman–Crippen MR) is 82.4 cm³/mol. The van der Waals surface area contributed by atoms with Crippen LogP contribution in [0.4, 0.5) is 0 Å². The van der Waals surface area contributed by atoms with Crippen molar-refractivity contribution < 1.29 is 9.63 Å². The van der Waals surface area contributed by atoms with Gasteiger partial charge in [0.2, 0.25) is 5.91 Å². The number of amides is 1. The highest BCUT2D eigenvalue weighted by molar-refractivity contribution is 5.98. The van der Waals surface area contributed by atoms with Crippen molar-refractivity contribution in [2.24, 2.45) is 5.73 Å². The summed E-state index contributed by atoms with van der Waals surface area (Å²) >= 11 is 0. The molecule has 0 radical (unpaired) electrons. The number of carbonyl (C=O) groups is 1. The van der Waals surface area contributed by atoms with Gasteiger partial charge in [-0.15, -0.1) is 0 Å². The van der Waals surface area contributed by atoms with Crippen molar-refractivity contribution in [2.45, 2.75) is 18.8 Å². The minimum absolute atomic E-state index is 0.392. The van der Waals surface area contributed by atoms with E-state index in [1.54, 1.807) is 17.9 Å². The summed E-state index contributed by atoms with van der Waals surface area (Å²) in [6, 6.07) is 5.54. The standard InChI is InChI=1S/C16H21N3O2/c1-18-7-5-11(6-8-18)14-10-19(21-2)15-4-3-12(16(17)20)9-13(14)15/h3-4,9-11H,5-8H2,1-2H3,(H2,17,20). The molecule has 2 N–H and O–H groups in total. The topological polar surface area (TPSA) is 60.5 Å². The van der Waals surface area contributed by atoms with Gasteiger partial charge in [-0.2, -0.15) is 4.73 Å². The molecule has 5 nitrogen and oxygen atoms in total. The minimum atomic E-state index is -0.392. The molecule has 0 bridgehead atoms. The molecule has 0 saturated carbocycles. The number of nitrogens with zero attached hydrogens (tertiary/aromatic N) is 2. The summed E-state index contributed by atoms with van der Waals surface area (Å²) in [5, 5.41) is 1.07. The molecule has 2 heterocycles. The fraction of sp³-hybridized carbons (Fsp3) is 0.438. The maximum absolute atomic E-state index is 11.4. The van der Waals surface area contributed by atoms with E-state index in [0.717, 1.165) is 36.8 Å². The van der Waals surface area contributed by atoms with Gasteiger partial charge in [0.05, 0.1) is 5.52 Å². The van der Waals surface area contributed by atoms with Crippen molar-refractivity contribution in [1.29, 1.82) is 0 Å². The molecule has 0 spiro atoms. The second-order valence-electron chi connectivity index (χ2n) is 5.77. The third kappa shape index (κ3) is 2.49. The molecule has 5 heteroatoms. The number of hydrogen-bond donors (Lipinski definition) is 1. The van der Waals surface area contributed by atoms with Crippen LogP contribution in [-0.2, 0) is 0 Å². The van der Waals surface area contributed by atoms with Crippen LogP contribution in [0.1, 0.15) is 34.7 Å². The molecule has 1 aromatic carbocycles. The van der Waals surface area contributed by atoms with Crippen LogP contribution in [0.2, 0.25) is 0 Å². The third-order valence-electron chi connectivity index (χ3n) is 4.44. The first-order chi connectivity index (χ1) is 10.1. The maximum atomic E-state index is 11.4. The fourth-order valence-electron chi connectivity index (χ4n) is 3.17. The van der Waals surface area contributed by atoms with E-state index in [1.165, 1.54) is 5.56 Å². The van der Waals surface area contributed by atoms with Crippen LogP contribution in [0.15, 0.2) is 24.4 Å². The smallest absolute Gasteiger partial charge is 0.248 e. The first-order valence-corrected chi connectivity index (χ1v) is 7.28. The molecular formula is C16H21N3O2. The van der Waals surface area contributed by atoms with Crippen LogP contribution in [0.5, 0.6) is 0 Å². The van der Waals surface area contributed by atoms with E-state index < -0.39 is 5.91 Å².